The highest BCUT2D eigenvalue weighted by Gasteiger charge is 2.38. The summed E-state index contributed by atoms with van der Waals surface area (Å²) < 4.78 is 42.9. The molecule has 3 aromatic heterocycles. The fourth-order valence-corrected chi connectivity index (χ4v) is 2.42. The molecule has 3 rings (SSSR count). The van der Waals surface area contributed by atoms with Crippen LogP contribution in [0.15, 0.2) is 29.3 Å². The van der Waals surface area contributed by atoms with E-state index in [4.69, 9.17) is 0 Å². The van der Waals surface area contributed by atoms with Crippen molar-refractivity contribution in [2.24, 2.45) is 0 Å². The highest BCUT2D eigenvalue weighted by molar-refractivity contribution is 7.15. The number of nitrogens with zero attached hydrogens (tertiary/aromatic N) is 5. The number of thiophene rings is 1. The highest BCUT2D eigenvalue weighted by atomic mass is 32.1. The molecule has 0 N–H and O–H groups in total. The summed E-state index contributed by atoms with van der Waals surface area (Å²) in [5, 5.41) is 7.28. The normalized spacial score (nSPS) is 11.9. The van der Waals surface area contributed by atoms with Gasteiger partial charge in [0.25, 0.3) is 0 Å². The quantitative estimate of drug-likeness (QED) is 0.743. The Hall–Kier alpha value is -2.23. The van der Waals surface area contributed by atoms with Gasteiger partial charge in [0.15, 0.2) is 0 Å². The molecule has 0 amide bonds. The lowest BCUT2D eigenvalue weighted by Crippen LogP contribution is -2.04. The first-order chi connectivity index (χ1) is 9.52. The second-order valence-electron chi connectivity index (χ2n) is 3.78. The minimum Gasteiger partial charge on any atom is -0.329 e. The molecule has 0 saturated carbocycles. The van der Waals surface area contributed by atoms with Crippen molar-refractivity contribution in [2.45, 2.75) is 12.7 Å². The van der Waals surface area contributed by atoms with Gasteiger partial charge in [-0.3, -0.25) is 0 Å². The van der Waals surface area contributed by atoms with E-state index in [1.165, 1.54) is 17.7 Å². The fraction of sp³-hybridized carbons (Fsp3) is 0.200. The summed E-state index contributed by atoms with van der Waals surface area (Å²) in [4.78, 5) is 8.53. The van der Waals surface area contributed by atoms with Gasteiger partial charge in [-0.1, -0.05) is 5.16 Å². The number of alkyl halides is 3. The molecule has 0 saturated heterocycles. The molecule has 104 valence electrons. The topological polar surface area (TPSA) is 69.6 Å². The Labute approximate surface area is 113 Å². The molecular weight excluding hydrogens is 295 g/mol. The van der Waals surface area contributed by atoms with Crippen LogP contribution in [0.5, 0.6) is 0 Å². The summed E-state index contributed by atoms with van der Waals surface area (Å²) >= 11 is 1.27. The van der Waals surface area contributed by atoms with Crippen LogP contribution < -0.4 is 0 Å². The van der Waals surface area contributed by atoms with E-state index in [2.05, 4.69) is 24.7 Å². The summed E-state index contributed by atoms with van der Waals surface area (Å²) in [7, 11) is 0. The Morgan fingerprint density at radius 3 is 2.80 bits per heavy atom. The zero-order valence-corrected chi connectivity index (χ0v) is 10.5. The van der Waals surface area contributed by atoms with Crippen LogP contribution in [0.25, 0.3) is 10.7 Å². The van der Waals surface area contributed by atoms with E-state index in [0.717, 1.165) is 4.88 Å². The van der Waals surface area contributed by atoms with E-state index < -0.39 is 12.1 Å². The molecule has 20 heavy (non-hydrogen) atoms. The second-order valence-corrected chi connectivity index (χ2v) is 4.95. The molecular formula is C10H6F3N5OS. The Morgan fingerprint density at radius 1 is 1.30 bits per heavy atom. The number of halogens is 3. The van der Waals surface area contributed by atoms with Crippen LogP contribution in [0, 0.1) is 0 Å². The molecule has 0 bridgehead atoms. The van der Waals surface area contributed by atoms with E-state index in [0.29, 0.717) is 11.4 Å². The van der Waals surface area contributed by atoms with Crippen LogP contribution in [0.4, 0.5) is 13.2 Å². The zero-order valence-electron chi connectivity index (χ0n) is 9.70. The molecule has 0 atom stereocenters. The predicted molar refractivity (Wildman–Crippen MR) is 61.7 cm³/mol. The van der Waals surface area contributed by atoms with E-state index in [9.17, 15) is 13.2 Å². The van der Waals surface area contributed by atoms with E-state index >= 15 is 0 Å². The first kappa shape index (κ1) is 12.8. The SMILES string of the molecule is FC(F)(F)c1nc(-c2ccc(Cn3cncn3)s2)no1. The van der Waals surface area contributed by atoms with Crippen molar-refractivity contribution >= 4 is 11.3 Å². The molecule has 0 aliphatic carbocycles. The Balaban J connectivity index is 1.81. The molecule has 10 heteroatoms. The summed E-state index contributed by atoms with van der Waals surface area (Å²) in [6, 6.07) is 3.41. The lowest BCUT2D eigenvalue weighted by atomic mass is 10.4. The largest absolute Gasteiger partial charge is 0.471 e. The number of hydrogen-bond donors (Lipinski definition) is 0. The number of hydrogen-bond acceptors (Lipinski definition) is 6. The van der Waals surface area contributed by atoms with Gasteiger partial charge in [0.05, 0.1) is 11.4 Å². The third-order valence-corrected chi connectivity index (χ3v) is 3.40. The van der Waals surface area contributed by atoms with Crippen molar-refractivity contribution in [3.8, 4) is 10.7 Å². The Morgan fingerprint density at radius 2 is 2.15 bits per heavy atom. The monoisotopic (exact) mass is 301 g/mol. The second kappa shape index (κ2) is 4.71. The van der Waals surface area contributed by atoms with Gasteiger partial charge >= 0.3 is 12.1 Å². The van der Waals surface area contributed by atoms with Gasteiger partial charge in [-0.25, -0.2) is 9.67 Å². The average Bonchev–Trinajstić information content (AvgIpc) is 3.08. The van der Waals surface area contributed by atoms with Crippen LogP contribution in [0.2, 0.25) is 0 Å². The third kappa shape index (κ3) is 2.54. The smallest absolute Gasteiger partial charge is 0.329 e. The van der Waals surface area contributed by atoms with Gasteiger partial charge in [0.1, 0.15) is 12.7 Å². The first-order valence-electron chi connectivity index (χ1n) is 5.35. The Kier molecular flexibility index (Phi) is 3.01. The van der Waals surface area contributed by atoms with Crippen LogP contribution in [0.1, 0.15) is 10.8 Å². The van der Waals surface area contributed by atoms with Crippen molar-refractivity contribution in [2.75, 3.05) is 0 Å². The van der Waals surface area contributed by atoms with Gasteiger partial charge in [0.2, 0.25) is 5.82 Å². The maximum absolute atomic E-state index is 12.4. The van der Waals surface area contributed by atoms with Gasteiger partial charge in [0, 0.05) is 4.88 Å². The molecule has 0 spiro atoms. The van der Waals surface area contributed by atoms with Crippen LogP contribution in [-0.4, -0.2) is 24.9 Å². The van der Waals surface area contributed by atoms with Gasteiger partial charge in [-0.15, -0.1) is 11.3 Å². The zero-order chi connectivity index (χ0) is 14.2. The molecule has 0 aliphatic heterocycles. The van der Waals surface area contributed by atoms with Gasteiger partial charge < -0.3 is 4.52 Å². The molecule has 0 fully saturated rings. The van der Waals surface area contributed by atoms with Crippen LogP contribution in [0.3, 0.4) is 0 Å². The van der Waals surface area contributed by atoms with Crippen molar-refractivity contribution in [3.63, 3.8) is 0 Å². The third-order valence-electron chi connectivity index (χ3n) is 2.33. The molecule has 3 heterocycles. The van der Waals surface area contributed by atoms with E-state index in [1.807, 2.05) is 0 Å². The lowest BCUT2D eigenvalue weighted by Gasteiger charge is -1.96. The first-order valence-corrected chi connectivity index (χ1v) is 6.16. The van der Waals surface area contributed by atoms with Crippen molar-refractivity contribution < 1.29 is 17.7 Å². The number of aromatic nitrogens is 5. The summed E-state index contributed by atoms with van der Waals surface area (Å²) in [6.45, 7) is 0.481. The van der Waals surface area contributed by atoms with Crippen molar-refractivity contribution in [1.29, 1.82) is 0 Å². The summed E-state index contributed by atoms with van der Waals surface area (Å²) in [5.74, 6) is -1.43. The van der Waals surface area contributed by atoms with Crippen LogP contribution >= 0.6 is 11.3 Å². The molecule has 0 radical (unpaired) electrons. The average molecular weight is 301 g/mol. The minimum absolute atomic E-state index is 0.0767. The summed E-state index contributed by atoms with van der Waals surface area (Å²) in [6.07, 6.45) is -1.68. The minimum atomic E-state index is -4.63. The van der Waals surface area contributed by atoms with Gasteiger partial charge in [-0.05, 0) is 12.1 Å². The van der Waals surface area contributed by atoms with Crippen molar-refractivity contribution in [1.82, 2.24) is 24.9 Å². The molecule has 0 unspecified atom stereocenters. The molecule has 0 aromatic carbocycles. The summed E-state index contributed by atoms with van der Waals surface area (Å²) in [5.41, 5.74) is 0. The maximum atomic E-state index is 12.4. The highest BCUT2D eigenvalue weighted by Crippen LogP contribution is 2.31. The lowest BCUT2D eigenvalue weighted by molar-refractivity contribution is -0.159. The standard InChI is InChI=1S/C10H6F3N5OS/c11-10(12,13)9-16-8(17-19-9)7-2-1-6(20-7)3-18-5-14-4-15-18/h1-2,4-5H,3H2. The number of rotatable bonds is 3. The van der Waals surface area contributed by atoms with Crippen molar-refractivity contribution in [3.05, 3.63) is 35.6 Å². The Bertz CT molecular complexity index is 703. The van der Waals surface area contributed by atoms with Gasteiger partial charge in [-0.2, -0.15) is 23.3 Å². The molecule has 6 nitrogen and oxygen atoms in total. The van der Waals surface area contributed by atoms with E-state index in [-0.39, 0.29) is 5.82 Å². The fourth-order valence-electron chi connectivity index (χ4n) is 1.50. The van der Waals surface area contributed by atoms with Crippen LogP contribution in [-0.2, 0) is 12.7 Å². The van der Waals surface area contributed by atoms with E-state index in [1.54, 1.807) is 23.1 Å². The molecule has 0 aliphatic rings. The maximum Gasteiger partial charge on any atom is 0.471 e. The molecule has 3 aromatic rings. The predicted octanol–water partition coefficient (Wildman–Crippen LogP) is 2.46.